The minimum atomic E-state index is -0.554. The highest BCUT2D eigenvalue weighted by Gasteiger charge is 2.11. The highest BCUT2D eigenvalue weighted by atomic mass is 19.1. The zero-order valence-electron chi connectivity index (χ0n) is 11.7. The fraction of sp³-hybridized carbons (Fsp3) is 0.176. The molecule has 1 unspecified atom stereocenters. The fourth-order valence-corrected chi connectivity index (χ4v) is 2.45. The van der Waals surface area contributed by atoms with Crippen LogP contribution in [0.1, 0.15) is 24.1 Å². The Morgan fingerprint density at radius 1 is 1.10 bits per heavy atom. The number of benzene rings is 2. The first kappa shape index (κ1) is 13.8. The van der Waals surface area contributed by atoms with E-state index in [4.69, 9.17) is 0 Å². The largest absolute Gasteiger partial charge is 0.361 e. The maximum absolute atomic E-state index is 13.7. The normalized spacial score (nSPS) is 12.7. The Hall–Kier alpha value is -2.20. The van der Waals surface area contributed by atoms with Gasteiger partial charge in [0, 0.05) is 35.9 Å². The van der Waals surface area contributed by atoms with Crippen molar-refractivity contribution in [2.24, 2.45) is 0 Å². The van der Waals surface area contributed by atoms with Crippen LogP contribution in [0.4, 0.5) is 8.78 Å². The van der Waals surface area contributed by atoms with Gasteiger partial charge in [0.15, 0.2) is 0 Å². The summed E-state index contributed by atoms with van der Waals surface area (Å²) < 4.78 is 26.6. The van der Waals surface area contributed by atoms with E-state index in [9.17, 15) is 8.78 Å². The lowest BCUT2D eigenvalue weighted by Gasteiger charge is -2.15. The van der Waals surface area contributed by atoms with Gasteiger partial charge in [-0.25, -0.2) is 8.78 Å². The van der Waals surface area contributed by atoms with Gasteiger partial charge in [-0.1, -0.05) is 12.1 Å². The SMILES string of the molecule is CC(NCc1ccc2[nH]ccc2c1)c1ccc(F)cc1F. The molecule has 0 bridgehead atoms. The van der Waals surface area contributed by atoms with E-state index < -0.39 is 11.6 Å². The number of aromatic nitrogens is 1. The summed E-state index contributed by atoms with van der Waals surface area (Å²) in [6, 6.07) is 11.6. The van der Waals surface area contributed by atoms with E-state index >= 15 is 0 Å². The van der Waals surface area contributed by atoms with Crippen molar-refractivity contribution in [3.05, 3.63) is 71.4 Å². The van der Waals surface area contributed by atoms with Gasteiger partial charge in [-0.3, -0.25) is 0 Å². The van der Waals surface area contributed by atoms with E-state index in [0.29, 0.717) is 12.1 Å². The number of halogens is 2. The zero-order valence-corrected chi connectivity index (χ0v) is 11.7. The van der Waals surface area contributed by atoms with E-state index in [1.807, 2.05) is 31.3 Å². The van der Waals surface area contributed by atoms with Gasteiger partial charge in [0.25, 0.3) is 0 Å². The smallest absolute Gasteiger partial charge is 0.130 e. The summed E-state index contributed by atoms with van der Waals surface area (Å²) in [6.07, 6.45) is 1.90. The van der Waals surface area contributed by atoms with Crippen LogP contribution in [-0.2, 0) is 6.54 Å². The highest BCUT2D eigenvalue weighted by Crippen LogP contribution is 2.19. The number of H-pyrrole nitrogens is 1. The first-order valence-corrected chi connectivity index (χ1v) is 6.88. The first-order chi connectivity index (χ1) is 10.1. The molecule has 108 valence electrons. The molecule has 1 heterocycles. The number of nitrogens with one attached hydrogen (secondary N) is 2. The third-order valence-electron chi connectivity index (χ3n) is 3.66. The Morgan fingerprint density at radius 3 is 2.76 bits per heavy atom. The summed E-state index contributed by atoms with van der Waals surface area (Å²) in [6.45, 7) is 2.49. The Bertz CT molecular complexity index is 764. The fourth-order valence-electron chi connectivity index (χ4n) is 2.45. The molecular weight excluding hydrogens is 270 g/mol. The molecule has 4 heteroatoms. The maximum atomic E-state index is 13.7. The highest BCUT2D eigenvalue weighted by molar-refractivity contribution is 5.79. The summed E-state index contributed by atoms with van der Waals surface area (Å²) in [5.74, 6) is -1.07. The summed E-state index contributed by atoms with van der Waals surface area (Å²) in [5, 5.41) is 4.41. The van der Waals surface area contributed by atoms with E-state index in [2.05, 4.69) is 16.4 Å². The number of fused-ring (bicyclic) bond motifs is 1. The summed E-state index contributed by atoms with van der Waals surface area (Å²) in [4.78, 5) is 3.14. The predicted octanol–water partition coefficient (Wildman–Crippen LogP) is 4.30. The van der Waals surface area contributed by atoms with E-state index in [1.54, 1.807) is 0 Å². The van der Waals surface area contributed by atoms with Crippen molar-refractivity contribution in [2.45, 2.75) is 19.5 Å². The molecule has 1 aromatic heterocycles. The van der Waals surface area contributed by atoms with Gasteiger partial charge in [-0.2, -0.15) is 0 Å². The van der Waals surface area contributed by atoms with E-state index in [1.165, 1.54) is 12.1 Å². The molecular formula is C17H16F2N2. The van der Waals surface area contributed by atoms with Gasteiger partial charge in [0.2, 0.25) is 0 Å². The Labute approximate surface area is 121 Å². The van der Waals surface area contributed by atoms with Crippen molar-refractivity contribution in [1.82, 2.24) is 10.3 Å². The zero-order chi connectivity index (χ0) is 14.8. The van der Waals surface area contributed by atoms with Gasteiger partial charge in [0.1, 0.15) is 11.6 Å². The minimum Gasteiger partial charge on any atom is -0.361 e. The van der Waals surface area contributed by atoms with Crippen molar-refractivity contribution >= 4 is 10.9 Å². The summed E-state index contributed by atoms with van der Waals surface area (Å²) in [7, 11) is 0. The average molecular weight is 286 g/mol. The van der Waals surface area contributed by atoms with Gasteiger partial charge in [-0.05, 0) is 42.1 Å². The van der Waals surface area contributed by atoms with Gasteiger partial charge in [-0.15, -0.1) is 0 Å². The number of aromatic amines is 1. The number of rotatable bonds is 4. The number of hydrogen-bond acceptors (Lipinski definition) is 1. The molecule has 21 heavy (non-hydrogen) atoms. The van der Waals surface area contributed by atoms with Crippen molar-refractivity contribution in [3.8, 4) is 0 Å². The number of hydrogen-bond donors (Lipinski definition) is 2. The first-order valence-electron chi connectivity index (χ1n) is 6.88. The van der Waals surface area contributed by atoms with E-state index in [0.717, 1.165) is 22.5 Å². The minimum absolute atomic E-state index is 0.187. The van der Waals surface area contributed by atoms with Crippen LogP contribution in [0.15, 0.2) is 48.7 Å². The molecule has 0 saturated carbocycles. The average Bonchev–Trinajstić information content (AvgIpc) is 2.92. The van der Waals surface area contributed by atoms with Crippen LogP contribution in [0.2, 0.25) is 0 Å². The third kappa shape index (κ3) is 2.95. The van der Waals surface area contributed by atoms with Crippen LogP contribution in [0.3, 0.4) is 0 Å². The lowest BCUT2D eigenvalue weighted by Crippen LogP contribution is -2.19. The van der Waals surface area contributed by atoms with Crippen molar-refractivity contribution < 1.29 is 8.78 Å². The third-order valence-corrected chi connectivity index (χ3v) is 3.66. The molecule has 0 spiro atoms. The van der Waals surface area contributed by atoms with Crippen molar-refractivity contribution in [1.29, 1.82) is 0 Å². The molecule has 0 amide bonds. The Morgan fingerprint density at radius 2 is 1.95 bits per heavy atom. The molecule has 2 aromatic carbocycles. The second-order valence-electron chi connectivity index (χ2n) is 5.17. The van der Waals surface area contributed by atoms with E-state index in [-0.39, 0.29) is 6.04 Å². The molecule has 0 aliphatic rings. The van der Waals surface area contributed by atoms with Crippen molar-refractivity contribution in [2.75, 3.05) is 0 Å². The van der Waals surface area contributed by atoms with Crippen LogP contribution in [0.5, 0.6) is 0 Å². The molecule has 0 fully saturated rings. The van der Waals surface area contributed by atoms with Gasteiger partial charge in [0.05, 0.1) is 0 Å². The molecule has 1 atom stereocenters. The monoisotopic (exact) mass is 286 g/mol. The molecule has 0 aliphatic heterocycles. The quantitative estimate of drug-likeness (QED) is 0.735. The second-order valence-corrected chi connectivity index (χ2v) is 5.17. The molecule has 0 aliphatic carbocycles. The predicted molar refractivity (Wildman–Crippen MR) is 79.9 cm³/mol. The van der Waals surface area contributed by atoms with Crippen LogP contribution in [0, 0.1) is 11.6 Å². The van der Waals surface area contributed by atoms with Crippen LogP contribution in [-0.4, -0.2) is 4.98 Å². The molecule has 3 rings (SSSR count). The van der Waals surface area contributed by atoms with Gasteiger partial charge >= 0.3 is 0 Å². The lowest BCUT2D eigenvalue weighted by molar-refractivity contribution is 0.518. The Balaban J connectivity index is 1.71. The van der Waals surface area contributed by atoms with Gasteiger partial charge < -0.3 is 10.3 Å². The standard InChI is InChI=1S/C17H16F2N2/c1-11(15-4-3-14(18)9-16(15)19)21-10-12-2-5-17-13(8-12)6-7-20-17/h2-9,11,20-21H,10H2,1H3. The summed E-state index contributed by atoms with van der Waals surface area (Å²) in [5.41, 5.74) is 2.69. The van der Waals surface area contributed by atoms with Crippen LogP contribution < -0.4 is 5.32 Å². The molecule has 0 saturated heterocycles. The maximum Gasteiger partial charge on any atom is 0.130 e. The molecule has 2 N–H and O–H groups in total. The van der Waals surface area contributed by atoms with Crippen LogP contribution in [0.25, 0.3) is 10.9 Å². The molecule has 2 nitrogen and oxygen atoms in total. The summed E-state index contributed by atoms with van der Waals surface area (Å²) >= 11 is 0. The Kier molecular flexibility index (Phi) is 3.71. The molecule has 3 aromatic rings. The molecule has 0 radical (unpaired) electrons. The van der Waals surface area contributed by atoms with Crippen molar-refractivity contribution in [3.63, 3.8) is 0 Å². The second kappa shape index (κ2) is 5.66. The van der Waals surface area contributed by atoms with Crippen LogP contribution >= 0.6 is 0 Å². The lowest BCUT2D eigenvalue weighted by atomic mass is 10.1. The topological polar surface area (TPSA) is 27.8 Å².